The van der Waals surface area contributed by atoms with Crippen LogP contribution in [-0.4, -0.2) is 31.2 Å². The molecule has 0 amide bonds. The summed E-state index contributed by atoms with van der Waals surface area (Å²) in [6.45, 7) is 1.28. The number of benzene rings is 1. The first-order chi connectivity index (χ1) is 9.69. The van der Waals surface area contributed by atoms with E-state index in [1.807, 2.05) is 0 Å². The van der Waals surface area contributed by atoms with Gasteiger partial charge in [0.15, 0.2) is 0 Å². The maximum absolute atomic E-state index is 12.9. The Morgan fingerprint density at radius 3 is 2.43 bits per heavy atom. The predicted molar refractivity (Wildman–Crippen MR) is 73.8 cm³/mol. The average Bonchev–Trinajstić information content (AvgIpc) is 3.18. The summed E-state index contributed by atoms with van der Waals surface area (Å²) in [5.41, 5.74) is -1.20. The summed E-state index contributed by atoms with van der Waals surface area (Å²) < 4.78 is 65.1. The van der Waals surface area contributed by atoms with Gasteiger partial charge in [-0.15, -0.1) is 11.6 Å². The topological polar surface area (TPSA) is 37.4 Å². The van der Waals surface area contributed by atoms with E-state index in [1.54, 1.807) is 0 Å². The first-order valence-electron chi connectivity index (χ1n) is 6.44. The summed E-state index contributed by atoms with van der Waals surface area (Å²) in [6, 6.07) is 3.07. The fraction of sp³-hybridized carbons (Fsp3) is 0.538. The minimum absolute atomic E-state index is 0.101. The Hall–Kier alpha value is -0.790. The van der Waals surface area contributed by atoms with Crippen LogP contribution in [0.5, 0.6) is 0 Å². The summed E-state index contributed by atoms with van der Waals surface area (Å²) in [4.78, 5) is -0.297. The third-order valence-corrected chi connectivity index (χ3v) is 5.70. The highest BCUT2D eigenvalue weighted by molar-refractivity contribution is 7.89. The second kappa shape index (κ2) is 5.78. The molecule has 0 aromatic heterocycles. The van der Waals surface area contributed by atoms with Crippen LogP contribution in [0.2, 0.25) is 0 Å². The van der Waals surface area contributed by atoms with E-state index in [-0.39, 0.29) is 28.9 Å². The number of halogens is 4. The molecule has 0 bridgehead atoms. The second-order valence-corrected chi connectivity index (χ2v) is 7.20. The molecule has 0 unspecified atom stereocenters. The van der Waals surface area contributed by atoms with Gasteiger partial charge in [0.25, 0.3) is 0 Å². The van der Waals surface area contributed by atoms with E-state index in [4.69, 9.17) is 11.6 Å². The molecule has 2 rings (SSSR count). The van der Waals surface area contributed by atoms with E-state index in [0.29, 0.717) is 12.8 Å². The quantitative estimate of drug-likeness (QED) is 0.770. The first kappa shape index (κ1) is 16.6. The highest BCUT2D eigenvalue weighted by atomic mass is 35.5. The Bertz CT molecular complexity index is 627. The molecule has 0 N–H and O–H groups in total. The van der Waals surface area contributed by atoms with E-state index >= 15 is 0 Å². The van der Waals surface area contributed by atoms with Gasteiger partial charge in [-0.05, 0) is 37.5 Å². The normalized spacial score (nSPS) is 16.5. The fourth-order valence-electron chi connectivity index (χ4n) is 2.27. The van der Waals surface area contributed by atoms with Crippen molar-refractivity contribution in [2.24, 2.45) is 0 Å². The minimum atomic E-state index is -4.58. The fourth-order valence-corrected chi connectivity index (χ4v) is 4.49. The lowest BCUT2D eigenvalue weighted by Gasteiger charge is -2.23. The SMILES string of the molecule is Cc1c(C(F)(F)F)cccc1S(=O)(=O)N(CCCl)C1CC1. The van der Waals surface area contributed by atoms with E-state index in [2.05, 4.69) is 0 Å². The molecule has 1 aliphatic rings. The van der Waals surface area contributed by atoms with Crippen LogP contribution in [0.1, 0.15) is 24.0 Å². The zero-order valence-corrected chi connectivity index (χ0v) is 12.9. The molecule has 1 aromatic rings. The molecule has 0 radical (unpaired) electrons. The van der Waals surface area contributed by atoms with Gasteiger partial charge < -0.3 is 0 Å². The van der Waals surface area contributed by atoms with Gasteiger partial charge in [0, 0.05) is 18.5 Å². The summed E-state index contributed by atoms with van der Waals surface area (Å²) in [5.74, 6) is 0.105. The van der Waals surface area contributed by atoms with Gasteiger partial charge in [-0.25, -0.2) is 8.42 Å². The standard InChI is InChI=1S/C13H15ClF3NO2S/c1-9-11(13(15,16)17)3-2-4-12(9)21(19,20)18(8-7-14)10-5-6-10/h2-4,10H,5-8H2,1H3. The van der Waals surface area contributed by atoms with Crippen LogP contribution in [0, 0.1) is 6.92 Å². The Balaban J connectivity index is 2.49. The van der Waals surface area contributed by atoms with Gasteiger partial charge in [-0.1, -0.05) is 6.07 Å². The number of hydrogen-bond acceptors (Lipinski definition) is 2. The number of hydrogen-bond donors (Lipinski definition) is 0. The second-order valence-electron chi connectivity index (χ2n) is 4.96. The molecular formula is C13H15ClF3NO2S. The molecule has 1 aromatic carbocycles. The monoisotopic (exact) mass is 341 g/mol. The molecule has 3 nitrogen and oxygen atoms in total. The molecule has 118 valence electrons. The van der Waals surface area contributed by atoms with E-state index in [9.17, 15) is 21.6 Å². The molecule has 1 saturated carbocycles. The summed E-state index contributed by atoms with van der Waals surface area (Å²) in [5, 5.41) is 0. The van der Waals surface area contributed by atoms with Crippen molar-refractivity contribution in [1.29, 1.82) is 0 Å². The van der Waals surface area contributed by atoms with Gasteiger partial charge in [0.05, 0.1) is 10.5 Å². The van der Waals surface area contributed by atoms with Gasteiger partial charge in [-0.2, -0.15) is 17.5 Å². The summed E-state index contributed by atoms with van der Waals surface area (Å²) in [7, 11) is -3.96. The smallest absolute Gasteiger partial charge is 0.207 e. The average molecular weight is 342 g/mol. The van der Waals surface area contributed by atoms with Crippen LogP contribution >= 0.6 is 11.6 Å². The van der Waals surface area contributed by atoms with Crippen LogP contribution < -0.4 is 0 Å². The zero-order valence-electron chi connectivity index (χ0n) is 11.3. The van der Waals surface area contributed by atoms with Crippen molar-refractivity contribution in [2.75, 3.05) is 12.4 Å². The van der Waals surface area contributed by atoms with Crippen LogP contribution in [0.15, 0.2) is 23.1 Å². The molecular weight excluding hydrogens is 327 g/mol. The Kier molecular flexibility index (Phi) is 4.56. The third-order valence-electron chi connectivity index (χ3n) is 3.44. The van der Waals surface area contributed by atoms with Crippen LogP contribution in [0.25, 0.3) is 0 Å². The summed E-state index contributed by atoms with van der Waals surface area (Å²) in [6.07, 6.45) is -3.14. The highest BCUT2D eigenvalue weighted by Gasteiger charge is 2.40. The van der Waals surface area contributed by atoms with Gasteiger partial charge in [0.1, 0.15) is 0 Å². The lowest BCUT2D eigenvalue weighted by atomic mass is 10.1. The number of sulfonamides is 1. The maximum atomic E-state index is 12.9. The van der Waals surface area contributed by atoms with E-state index < -0.39 is 21.8 Å². The largest absolute Gasteiger partial charge is 0.416 e. The van der Waals surface area contributed by atoms with Crippen molar-refractivity contribution in [3.63, 3.8) is 0 Å². The molecule has 0 heterocycles. The van der Waals surface area contributed by atoms with Crippen LogP contribution in [-0.2, 0) is 16.2 Å². The number of alkyl halides is 4. The Labute approximate surface area is 126 Å². The predicted octanol–water partition coefficient (Wildman–Crippen LogP) is 3.41. The van der Waals surface area contributed by atoms with E-state index in [0.717, 1.165) is 12.1 Å². The minimum Gasteiger partial charge on any atom is -0.207 e. The zero-order chi connectivity index (χ0) is 15.8. The van der Waals surface area contributed by atoms with Crippen LogP contribution in [0.3, 0.4) is 0 Å². The molecule has 8 heteroatoms. The lowest BCUT2D eigenvalue weighted by molar-refractivity contribution is -0.138. The first-order valence-corrected chi connectivity index (χ1v) is 8.41. The molecule has 0 aliphatic heterocycles. The van der Waals surface area contributed by atoms with Gasteiger partial charge in [0.2, 0.25) is 10.0 Å². The van der Waals surface area contributed by atoms with Gasteiger partial charge in [-0.3, -0.25) is 0 Å². The van der Waals surface area contributed by atoms with Crippen molar-refractivity contribution in [3.05, 3.63) is 29.3 Å². The van der Waals surface area contributed by atoms with Crippen molar-refractivity contribution in [1.82, 2.24) is 4.31 Å². The number of rotatable bonds is 5. The van der Waals surface area contributed by atoms with Crippen molar-refractivity contribution in [3.8, 4) is 0 Å². The molecule has 1 aliphatic carbocycles. The Morgan fingerprint density at radius 1 is 1.33 bits per heavy atom. The highest BCUT2D eigenvalue weighted by Crippen LogP contribution is 2.37. The van der Waals surface area contributed by atoms with Crippen molar-refractivity contribution >= 4 is 21.6 Å². The molecule has 1 fully saturated rings. The molecule has 21 heavy (non-hydrogen) atoms. The molecule has 0 spiro atoms. The maximum Gasteiger partial charge on any atom is 0.416 e. The van der Waals surface area contributed by atoms with Gasteiger partial charge >= 0.3 is 6.18 Å². The van der Waals surface area contributed by atoms with Crippen molar-refractivity contribution in [2.45, 2.75) is 36.9 Å². The van der Waals surface area contributed by atoms with Crippen LogP contribution in [0.4, 0.5) is 13.2 Å². The third kappa shape index (κ3) is 3.35. The van der Waals surface area contributed by atoms with E-state index in [1.165, 1.54) is 17.3 Å². The summed E-state index contributed by atoms with van der Waals surface area (Å²) >= 11 is 5.62. The van der Waals surface area contributed by atoms with Crippen molar-refractivity contribution < 1.29 is 21.6 Å². The molecule has 0 atom stereocenters. The lowest BCUT2D eigenvalue weighted by Crippen LogP contribution is -2.35. The Morgan fingerprint density at radius 2 is 1.95 bits per heavy atom. The number of nitrogens with zero attached hydrogens (tertiary/aromatic N) is 1. The molecule has 0 saturated heterocycles.